The zero-order valence-corrected chi connectivity index (χ0v) is 15.3. The van der Waals surface area contributed by atoms with Crippen molar-refractivity contribution in [1.82, 2.24) is 14.6 Å². The number of nitrogens with zero attached hydrogens (tertiary/aromatic N) is 2. The molecule has 0 radical (unpaired) electrons. The number of hydrogen-bond donors (Lipinski definition) is 1. The number of carbonyl (C=O) groups is 1. The molecule has 4 fully saturated rings. The lowest BCUT2D eigenvalue weighted by Gasteiger charge is -2.37. The second kappa shape index (κ2) is 4.62. The number of amides is 1. The summed E-state index contributed by atoms with van der Waals surface area (Å²) < 4.78 is 27.1. The number of fused-ring (bicyclic) bond motifs is 1. The molecule has 5 rings (SSSR count). The van der Waals surface area contributed by atoms with Crippen molar-refractivity contribution in [3.8, 4) is 0 Å². The summed E-state index contributed by atoms with van der Waals surface area (Å²) >= 11 is 0. The molecular formula is C18H23N3O3S. The Kier molecular flexibility index (Phi) is 2.91. The SMILES string of the molecule is CC1(C)[C@H]2CC[C@@]13CS(=O)(=O)N(C(=O)[C@H]1N[C@H]1c1cccnc1)[C@H]3C2. The van der Waals surface area contributed by atoms with Gasteiger partial charge in [0.05, 0.1) is 17.8 Å². The summed E-state index contributed by atoms with van der Waals surface area (Å²) in [4.78, 5) is 17.2. The molecule has 25 heavy (non-hydrogen) atoms. The smallest absolute Gasteiger partial charge is 0.255 e. The van der Waals surface area contributed by atoms with Gasteiger partial charge in [-0.1, -0.05) is 19.9 Å². The van der Waals surface area contributed by atoms with Crippen molar-refractivity contribution in [1.29, 1.82) is 0 Å². The summed E-state index contributed by atoms with van der Waals surface area (Å²) in [5.74, 6) is 0.369. The van der Waals surface area contributed by atoms with Crippen LogP contribution in [0.3, 0.4) is 0 Å². The molecule has 2 bridgehead atoms. The number of hydrogen-bond acceptors (Lipinski definition) is 5. The lowest BCUT2D eigenvalue weighted by molar-refractivity contribution is -0.128. The Morgan fingerprint density at radius 2 is 2.20 bits per heavy atom. The summed E-state index contributed by atoms with van der Waals surface area (Å²) in [5, 5.41) is 3.15. The third-order valence-corrected chi connectivity index (χ3v) is 9.44. The fourth-order valence-electron chi connectivity index (χ4n) is 5.92. The van der Waals surface area contributed by atoms with E-state index < -0.39 is 16.1 Å². The molecule has 134 valence electrons. The number of rotatable bonds is 2. The van der Waals surface area contributed by atoms with E-state index in [1.54, 1.807) is 12.4 Å². The van der Waals surface area contributed by atoms with Crippen molar-refractivity contribution in [3.05, 3.63) is 30.1 Å². The van der Waals surface area contributed by atoms with Crippen LogP contribution in [0.1, 0.15) is 44.7 Å². The van der Waals surface area contributed by atoms with E-state index in [4.69, 9.17) is 0 Å². The topological polar surface area (TPSA) is 89.3 Å². The van der Waals surface area contributed by atoms with Crippen LogP contribution in [-0.4, -0.2) is 41.5 Å². The number of sulfonamides is 1. The van der Waals surface area contributed by atoms with Crippen LogP contribution in [0.2, 0.25) is 0 Å². The molecule has 5 atom stereocenters. The first-order chi connectivity index (χ1) is 11.8. The van der Waals surface area contributed by atoms with Gasteiger partial charge in [0.25, 0.3) is 5.91 Å². The number of pyridine rings is 1. The first-order valence-electron chi connectivity index (χ1n) is 9.00. The predicted molar refractivity (Wildman–Crippen MR) is 91.9 cm³/mol. The maximum atomic E-state index is 13.1. The molecule has 0 aromatic carbocycles. The fraction of sp³-hybridized carbons (Fsp3) is 0.667. The molecule has 2 aliphatic carbocycles. The third kappa shape index (κ3) is 1.86. The average Bonchev–Trinajstić information content (AvgIpc) is 3.23. The number of carbonyl (C=O) groups excluding carboxylic acids is 1. The predicted octanol–water partition coefficient (Wildman–Crippen LogP) is 1.46. The summed E-state index contributed by atoms with van der Waals surface area (Å²) in [6, 6.07) is 3.02. The maximum absolute atomic E-state index is 13.1. The molecule has 1 spiro atoms. The van der Waals surface area contributed by atoms with Crippen molar-refractivity contribution in [3.63, 3.8) is 0 Å². The molecule has 3 heterocycles. The molecule has 7 heteroatoms. The Hall–Kier alpha value is -1.47. The maximum Gasteiger partial charge on any atom is 0.255 e. The Balaban J connectivity index is 1.46. The summed E-state index contributed by atoms with van der Waals surface area (Å²) in [5.41, 5.74) is 0.657. The van der Waals surface area contributed by atoms with Gasteiger partial charge in [-0.25, -0.2) is 12.7 Å². The van der Waals surface area contributed by atoms with E-state index in [0.29, 0.717) is 5.92 Å². The molecule has 4 aliphatic rings. The van der Waals surface area contributed by atoms with Gasteiger partial charge < -0.3 is 0 Å². The highest BCUT2D eigenvalue weighted by molar-refractivity contribution is 7.90. The van der Waals surface area contributed by atoms with Gasteiger partial charge in [0.2, 0.25) is 10.0 Å². The van der Waals surface area contributed by atoms with Crippen LogP contribution in [-0.2, 0) is 14.8 Å². The van der Waals surface area contributed by atoms with Crippen LogP contribution < -0.4 is 5.32 Å². The second-order valence-electron chi connectivity index (χ2n) is 8.66. The van der Waals surface area contributed by atoms with E-state index in [2.05, 4.69) is 24.1 Å². The molecule has 1 aromatic heterocycles. The molecule has 2 aliphatic heterocycles. The van der Waals surface area contributed by atoms with E-state index >= 15 is 0 Å². The molecule has 2 saturated heterocycles. The van der Waals surface area contributed by atoms with E-state index in [9.17, 15) is 13.2 Å². The van der Waals surface area contributed by atoms with Crippen LogP contribution >= 0.6 is 0 Å². The highest BCUT2D eigenvalue weighted by Gasteiger charge is 2.73. The van der Waals surface area contributed by atoms with Gasteiger partial charge in [0.15, 0.2) is 0 Å². The van der Waals surface area contributed by atoms with Crippen LogP contribution in [0.25, 0.3) is 0 Å². The minimum atomic E-state index is -3.54. The molecule has 1 aromatic rings. The normalized spacial score (nSPS) is 42.4. The van der Waals surface area contributed by atoms with Crippen molar-refractivity contribution >= 4 is 15.9 Å². The quantitative estimate of drug-likeness (QED) is 0.806. The van der Waals surface area contributed by atoms with Crippen molar-refractivity contribution in [2.45, 2.75) is 51.2 Å². The first-order valence-corrected chi connectivity index (χ1v) is 10.6. The van der Waals surface area contributed by atoms with Crippen molar-refractivity contribution in [2.24, 2.45) is 16.7 Å². The van der Waals surface area contributed by atoms with Crippen molar-refractivity contribution in [2.75, 3.05) is 5.75 Å². The lowest BCUT2D eigenvalue weighted by Crippen LogP contribution is -2.46. The lowest BCUT2D eigenvalue weighted by atomic mass is 9.69. The molecule has 6 nitrogen and oxygen atoms in total. The second-order valence-corrected chi connectivity index (χ2v) is 10.5. The average molecular weight is 361 g/mol. The van der Waals surface area contributed by atoms with E-state index in [1.807, 2.05) is 12.1 Å². The number of aromatic nitrogens is 1. The Morgan fingerprint density at radius 1 is 1.40 bits per heavy atom. The van der Waals surface area contributed by atoms with Crippen LogP contribution in [0, 0.1) is 16.7 Å². The zero-order valence-electron chi connectivity index (χ0n) is 14.5. The summed E-state index contributed by atoms with van der Waals surface area (Å²) in [7, 11) is -3.54. The Labute approximate surface area is 148 Å². The largest absolute Gasteiger partial charge is 0.295 e. The Bertz CT molecular complexity index is 854. The van der Waals surface area contributed by atoms with Crippen molar-refractivity contribution < 1.29 is 13.2 Å². The zero-order chi connectivity index (χ0) is 17.6. The monoisotopic (exact) mass is 361 g/mol. The molecule has 1 amide bonds. The standard InChI is InChI=1S/C18H23N3O3S/c1-17(2)12-5-6-18(17)10-25(23,24)21(13(18)8-12)16(22)15-14(20-15)11-4-3-7-19-9-11/h3-4,7,9,12-15,20H,5-6,8,10H2,1-2H3/t12-,13-,14-,15-,18-/m0/s1. The summed E-state index contributed by atoms with van der Waals surface area (Å²) in [6.07, 6.45) is 6.24. The van der Waals surface area contributed by atoms with Gasteiger partial charge in [-0.05, 0) is 42.2 Å². The van der Waals surface area contributed by atoms with E-state index in [0.717, 1.165) is 24.8 Å². The van der Waals surface area contributed by atoms with Gasteiger partial charge in [-0.3, -0.25) is 15.1 Å². The van der Waals surface area contributed by atoms with E-state index in [1.165, 1.54) is 4.31 Å². The fourth-order valence-corrected chi connectivity index (χ4v) is 8.48. The molecule has 0 unspecified atom stereocenters. The van der Waals surface area contributed by atoms with E-state index in [-0.39, 0.29) is 34.6 Å². The van der Waals surface area contributed by atoms with Gasteiger partial charge in [-0.15, -0.1) is 0 Å². The van der Waals surface area contributed by atoms with Crippen LogP contribution in [0.5, 0.6) is 0 Å². The van der Waals surface area contributed by atoms with Crippen LogP contribution in [0.15, 0.2) is 24.5 Å². The molecule has 1 N–H and O–H groups in total. The highest BCUT2D eigenvalue weighted by atomic mass is 32.2. The third-order valence-electron chi connectivity index (χ3n) is 7.52. The highest BCUT2D eigenvalue weighted by Crippen LogP contribution is 2.70. The van der Waals surface area contributed by atoms with Gasteiger partial charge in [-0.2, -0.15) is 0 Å². The molecule has 2 saturated carbocycles. The minimum Gasteiger partial charge on any atom is -0.295 e. The Morgan fingerprint density at radius 3 is 2.88 bits per heavy atom. The molecular weight excluding hydrogens is 338 g/mol. The minimum absolute atomic E-state index is 0.0144. The van der Waals surface area contributed by atoms with Gasteiger partial charge in [0.1, 0.15) is 6.04 Å². The van der Waals surface area contributed by atoms with Gasteiger partial charge >= 0.3 is 0 Å². The summed E-state index contributed by atoms with van der Waals surface area (Å²) in [6.45, 7) is 4.39. The first kappa shape index (κ1) is 15.8. The van der Waals surface area contributed by atoms with Gasteiger partial charge in [0, 0.05) is 17.8 Å². The number of nitrogens with one attached hydrogen (secondary N) is 1. The van der Waals surface area contributed by atoms with Crippen LogP contribution in [0.4, 0.5) is 0 Å².